The Balaban J connectivity index is 1.97. The largest absolute Gasteiger partial charge is 0.481 e. The Kier molecular flexibility index (Phi) is 3.01. The Morgan fingerprint density at radius 3 is 3.00 bits per heavy atom. The van der Waals surface area contributed by atoms with Crippen molar-refractivity contribution >= 4 is 5.82 Å². The fourth-order valence-electron chi connectivity index (χ4n) is 1.47. The van der Waals surface area contributed by atoms with Crippen molar-refractivity contribution in [2.75, 3.05) is 19.4 Å². The molecule has 15 heavy (non-hydrogen) atoms. The number of anilines is 1. The summed E-state index contributed by atoms with van der Waals surface area (Å²) in [4.78, 5) is 7.97. The van der Waals surface area contributed by atoms with Crippen LogP contribution in [0, 0.1) is 5.92 Å². The second-order valence-corrected chi connectivity index (χ2v) is 3.82. The summed E-state index contributed by atoms with van der Waals surface area (Å²) in [6, 6.07) is 0. The summed E-state index contributed by atoms with van der Waals surface area (Å²) in [6.45, 7) is 1.71. The molecular formula is C10H16N4O. The smallest absolute Gasteiger partial charge is 0.222 e. The number of methoxy groups -OCH3 is 1. The molecule has 0 atom stereocenters. The number of aromatic nitrogens is 2. The minimum absolute atomic E-state index is 0.491. The van der Waals surface area contributed by atoms with Gasteiger partial charge in [-0.1, -0.05) is 0 Å². The van der Waals surface area contributed by atoms with Crippen molar-refractivity contribution < 1.29 is 4.74 Å². The van der Waals surface area contributed by atoms with Crippen molar-refractivity contribution in [1.29, 1.82) is 0 Å². The Hall–Kier alpha value is -1.36. The van der Waals surface area contributed by atoms with Gasteiger partial charge in [-0.25, -0.2) is 9.97 Å². The molecule has 0 saturated heterocycles. The molecule has 3 N–H and O–H groups in total. The molecule has 1 heterocycles. The molecule has 1 fully saturated rings. The van der Waals surface area contributed by atoms with Gasteiger partial charge in [0.2, 0.25) is 5.88 Å². The molecule has 0 aliphatic heterocycles. The van der Waals surface area contributed by atoms with Crippen LogP contribution in [-0.4, -0.2) is 23.6 Å². The van der Waals surface area contributed by atoms with E-state index < -0.39 is 0 Å². The third-order valence-electron chi connectivity index (χ3n) is 2.56. The molecule has 1 aliphatic carbocycles. The van der Waals surface area contributed by atoms with Crippen LogP contribution < -0.4 is 15.8 Å². The molecule has 0 bridgehead atoms. The minimum atomic E-state index is 0.491. The van der Waals surface area contributed by atoms with Crippen LogP contribution in [0.1, 0.15) is 18.4 Å². The first-order chi connectivity index (χ1) is 7.31. The summed E-state index contributed by atoms with van der Waals surface area (Å²) in [6.07, 6.45) is 4.09. The van der Waals surface area contributed by atoms with E-state index in [0.29, 0.717) is 18.2 Å². The van der Waals surface area contributed by atoms with E-state index in [2.05, 4.69) is 15.3 Å². The zero-order valence-electron chi connectivity index (χ0n) is 8.86. The number of nitrogen functional groups attached to an aromatic ring is 1. The lowest BCUT2D eigenvalue weighted by molar-refractivity contribution is 0.389. The highest BCUT2D eigenvalue weighted by Crippen LogP contribution is 2.28. The fourth-order valence-corrected chi connectivity index (χ4v) is 1.47. The number of nitrogens with two attached hydrogens (primary N) is 1. The lowest BCUT2D eigenvalue weighted by Crippen LogP contribution is -2.18. The molecular weight excluding hydrogens is 192 g/mol. The molecule has 0 unspecified atom stereocenters. The van der Waals surface area contributed by atoms with Crippen LogP contribution in [0.5, 0.6) is 5.88 Å². The summed E-state index contributed by atoms with van der Waals surface area (Å²) < 4.78 is 5.13. The van der Waals surface area contributed by atoms with Crippen molar-refractivity contribution in [3.8, 4) is 5.88 Å². The second-order valence-electron chi connectivity index (χ2n) is 3.82. The van der Waals surface area contributed by atoms with Crippen molar-refractivity contribution in [2.24, 2.45) is 5.92 Å². The topological polar surface area (TPSA) is 73.1 Å². The van der Waals surface area contributed by atoms with Gasteiger partial charge in [-0.3, -0.25) is 0 Å². The Morgan fingerprint density at radius 2 is 2.33 bits per heavy atom. The van der Waals surface area contributed by atoms with Gasteiger partial charge in [0.05, 0.1) is 12.7 Å². The van der Waals surface area contributed by atoms with Crippen LogP contribution in [0.25, 0.3) is 0 Å². The fraction of sp³-hybridized carbons (Fsp3) is 0.600. The SMILES string of the molecule is COc1ncnc(N)c1CNCC1CC1. The third kappa shape index (κ3) is 2.56. The van der Waals surface area contributed by atoms with Gasteiger partial charge in [0.1, 0.15) is 12.1 Å². The summed E-state index contributed by atoms with van der Waals surface area (Å²) in [7, 11) is 1.59. The van der Waals surface area contributed by atoms with Crippen molar-refractivity contribution in [3.63, 3.8) is 0 Å². The molecule has 0 radical (unpaired) electrons. The van der Waals surface area contributed by atoms with E-state index in [9.17, 15) is 0 Å². The molecule has 5 nitrogen and oxygen atoms in total. The zero-order chi connectivity index (χ0) is 10.7. The van der Waals surface area contributed by atoms with Crippen LogP contribution in [0.2, 0.25) is 0 Å². The Bertz CT molecular complexity index is 338. The number of ether oxygens (including phenoxy) is 1. The van der Waals surface area contributed by atoms with Crippen molar-refractivity contribution in [1.82, 2.24) is 15.3 Å². The van der Waals surface area contributed by atoms with Gasteiger partial charge in [-0.05, 0) is 25.3 Å². The maximum atomic E-state index is 5.76. The van der Waals surface area contributed by atoms with Crippen molar-refractivity contribution in [3.05, 3.63) is 11.9 Å². The quantitative estimate of drug-likeness (QED) is 0.740. The summed E-state index contributed by atoms with van der Waals surface area (Å²) in [5, 5.41) is 3.34. The van der Waals surface area contributed by atoms with E-state index in [-0.39, 0.29) is 0 Å². The highest BCUT2D eigenvalue weighted by atomic mass is 16.5. The number of nitrogens with zero attached hydrogens (tertiary/aromatic N) is 2. The van der Waals surface area contributed by atoms with E-state index in [0.717, 1.165) is 18.0 Å². The van der Waals surface area contributed by atoms with Crippen molar-refractivity contribution in [2.45, 2.75) is 19.4 Å². The van der Waals surface area contributed by atoms with Crippen LogP contribution >= 0.6 is 0 Å². The summed E-state index contributed by atoms with van der Waals surface area (Å²) in [5.41, 5.74) is 6.61. The summed E-state index contributed by atoms with van der Waals surface area (Å²) in [5.74, 6) is 1.90. The van der Waals surface area contributed by atoms with Crippen LogP contribution in [0.15, 0.2) is 6.33 Å². The monoisotopic (exact) mass is 208 g/mol. The first-order valence-corrected chi connectivity index (χ1v) is 5.15. The van der Waals surface area contributed by atoms with Gasteiger partial charge in [0.15, 0.2) is 0 Å². The molecule has 5 heteroatoms. The number of nitrogens with one attached hydrogen (secondary N) is 1. The van der Waals surface area contributed by atoms with E-state index in [4.69, 9.17) is 10.5 Å². The van der Waals surface area contributed by atoms with Gasteiger partial charge in [0.25, 0.3) is 0 Å². The predicted molar refractivity (Wildman–Crippen MR) is 57.4 cm³/mol. The lowest BCUT2D eigenvalue weighted by atomic mass is 10.3. The predicted octanol–water partition coefficient (Wildman–Crippen LogP) is 0.567. The van der Waals surface area contributed by atoms with Gasteiger partial charge < -0.3 is 15.8 Å². The number of hydrogen-bond donors (Lipinski definition) is 2. The molecule has 82 valence electrons. The van der Waals surface area contributed by atoms with Crippen LogP contribution in [-0.2, 0) is 6.54 Å². The molecule has 0 amide bonds. The Labute approximate surface area is 89.1 Å². The van der Waals surface area contributed by atoms with Gasteiger partial charge >= 0.3 is 0 Å². The third-order valence-corrected chi connectivity index (χ3v) is 2.56. The second kappa shape index (κ2) is 4.44. The highest BCUT2D eigenvalue weighted by molar-refractivity contribution is 5.44. The standard InChI is InChI=1S/C10H16N4O/c1-15-10-8(9(11)13-6-14-10)5-12-4-7-2-3-7/h6-7,12H,2-5H2,1H3,(H2,11,13,14). The molecule has 2 rings (SSSR count). The van der Waals surface area contributed by atoms with Gasteiger partial charge in [0, 0.05) is 6.54 Å². The van der Waals surface area contributed by atoms with E-state index in [1.165, 1.54) is 19.2 Å². The average molecular weight is 208 g/mol. The molecule has 0 aromatic carbocycles. The minimum Gasteiger partial charge on any atom is -0.481 e. The first-order valence-electron chi connectivity index (χ1n) is 5.15. The average Bonchev–Trinajstić information content (AvgIpc) is 3.04. The highest BCUT2D eigenvalue weighted by Gasteiger charge is 2.20. The Morgan fingerprint density at radius 1 is 1.53 bits per heavy atom. The molecule has 0 spiro atoms. The van der Waals surface area contributed by atoms with E-state index in [1.54, 1.807) is 7.11 Å². The zero-order valence-corrected chi connectivity index (χ0v) is 8.86. The molecule has 1 aromatic rings. The first kappa shape index (κ1) is 10.2. The number of hydrogen-bond acceptors (Lipinski definition) is 5. The maximum absolute atomic E-state index is 5.76. The number of rotatable bonds is 5. The van der Waals surface area contributed by atoms with Gasteiger partial charge in [-0.15, -0.1) is 0 Å². The maximum Gasteiger partial charge on any atom is 0.222 e. The lowest BCUT2D eigenvalue weighted by Gasteiger charge is -2.09. The molecule has 1 aromatic heterocycles. The van der Waals surface area contributed by atoms with E-state index >= 15 is 0 Å². The van der Waals surface area contributed by atoms with Gasteiger partial charge in [-0.2, -0.15) is 0 Å². The normalized spacial score (nSPS) is 15.3. The molecule has 1 saturated carbocycles. The van der Waals surface area contributed by atoms with E-state index in [1.807, 2.05) is 0 Å². The molecule has 1 aliphatic rings. The summed E-state index contributed by atoms with van der Waals surface area (Å²) >= 11 is 0. The van der Waals surface area contributed by atoms with Crippen LogP contribution in [0.4, 0.5) is 5.82 Å². The van der Waals surface area contributed by atoms with Crippen LogP contribution in [0.3, 0.4) is 0 Å².